The van der Waals surface area contributed by atoms with E-state index in [1.807, 2.05) is 24.3 Å². The number of nitrogens with one attached hydrogen (secondary N) is 1. The van der Waals surface area contributed by atoms with Crippen LogP contribution in [0.4, 0.5) is 15.8 Å². The summed E-state index contributed by atoms with van der Waals surface area (Å²) in [5.41, 5.74) is 11.1. The molecule has 4 nitrogen and oxygen atoms in total. The van der Waals surface area contributed by atoms with Crippen LogP contribution in [0.3, 0.4) is 0 Å². The molecule has 1 heterocycles. The number of rotatable bonds is 6. The van der Waals surface area contributed by atoms with Crippen LogP contribution in [-0.4, -0.2) is 11.1 Å². The standard InChI is InChI=1S/C25H25FN2O2/c1-2-3-4-15-5-7-16(8-6-15)19-11-10-18-14-22(28-24(18)23(19)26)17-9-12-20(25(29)30)21(27)13-17/h5-13,22,28H,2-4,14,27H2,1H3,(H,29,30). The molecule has 4 N–H and O–H groups in total. The van der Waals surface area contributed by atoms with Gasteiger partial charge in [0.05, 0.1) is 17.3 Å². The SMILES string of the molecule is CCCCc1ccc(-c2ccc3c(c2F)NC(c2ccc(C(=O)O)c(N)c2)C3)cc1. The Morgan fingerprint density at radius 1 is 1.17 bits per heavy atom. The molecule has 0 radical (unpaired) electrons. The molecule has 1 aliphatic rings. The zero-order valence-electron chi connectivity index (χ0n) is 16.9. The van der Waals surface area contributed by atoms with Crippen molar-refractivity contribution < 1.29 is 14.3 Å². The van der Waals surface area contributed by atoms with E-state index in [0.717, 1.165) is 36.0 Å². The summed E-state index contributed by atoms with van der Waals surface area (Å²) in [5, 5.41) is 12.4. The number of aromatic carboxylic acids is 1. The van der Waals surface area contributed by atoms with Crippen LogP contribution in [0.2, 0.25) is 0 Å². The first-order valence-corrected chi connectivity index (χ1v) is 10.3. The average Bonchev–Trinajstić information content (AvgIpc) is 3.18. The third-order valence-electron chi connectivity index (χ3n) is 5.76. The van der Waals surface area contributed by atoms with Gasteiger partial charge in [0.15, 0.2) is 5.82 Å². The maximum Gasteiger partial charge on any atom is 0.337 e. The van der Waals surface area contributed by atoms with Crippen LogP contribution in [-0.2, 0) is 12.8 Å². The quantitative estimate of drug-likeness (QED) is 0.452. The number of halogens is 1. The lowest BCUT2D eigenvalue weighted by molar-refractivity contribution is 0.0698. The molecular weight excluding hydrogens is 379 g/mol. The minimum absolute atomic E-state index is 0.0742. The number of benzene rings is 3. The highest BCUT2D eigenvalue weighted by molar-refractivity contribution is 5.93. The van der Waals surface area contributed by atoms with Gasteiger partial charge < -0.3 is 16.2 Å². The molecule has 0 spiro atoms. The summed E-state index contributed by atoms with van der Waals surface area (Å²) in [6.45, 7) is 2.17. The van der Waals surface area contributed by atoms with E-state index in [1.54, 1.807) is 12.1 Å². The highest BCUT2D eigenvalue weighted by Crippen LogP contribution is 2.40. The van der Waals surface area contributed by atoms with Gasteiger partial charge in [0, 0.05) is 11.3 Å². The van der Waals surface area contributed by atoms with Gasteiger partial charge in [-0.25, -0.2) is 9.18 Å². The first-order chi connectivity index (χ1) is 14.5. The Morgan fingerprint density at radius 3 is 2.60 bits per heavy atom. The number of carbonyl (C=O) groups is 1. The molecular formula is C25H25FN2O2. The second-order valence-electron chi connectivity index (χ2n) is 7.81. The molecule has 30 heavy (non-hydrogen) atoms. The number of nitrogen functional groups attached to an aromatic ring is 1. The predicted molar refractivity (Wildman–Crippen MR) is 118 cm³/mol. The predicted octanol–water partition coefficient (Wildman–Crippen LogP) is 5.83. The largest absolute Gasteiger partial charge is 0.478 e. The molecule has 3 aromatic carbocycles. The first kappa shape index (κ1) is 20.0. The zero-order valence-corrected chi connectivity index (χ0v) is 16.9. The monoisotopic (exact) mass is 404 g/mol. The fourth-order valence-electron chi connectivity index (χ4n) is 4.04. The van der Waals surface area contributed by atoms with Crippen molar-refractivity contribution in [3.8, 4) is 11.1 Å². The molecule has 5 heteroatoms. The van der Waals surface area contributed by atoms with Crippen LogP contribution in [0.1, 0.15) is 52.9 Å². The zero-order chi connectivity index (χ0) is 21.3. The van der Waals surface area contributed by atoms with Gasteiger partial charge in [-0.05, 0) is 53.6 Å². The van der Waals surface area contributed by atoms with Crippen molar-refractivity contribution in [1.29, 1.82) is 0 Å². The minimum Gasteiger partial charge on any atom is -0.478 e. The maximum absolute atomic E-state index is 15.3. The molecule has 0 bridgehead atoms. The van der Waals surface area contributed by atoms with Crippen molar-refractivity contribution >= 4 is 17.3 Å². The summed E-state index contributed by atoms with van der Waals surface area (Å²) >= 11 is 0. The summed E-state index contributed by atoms with van der Waals surface area (Å²) in [6.07, 6.45) is 3.96. The van der Waals surface area contributed by atoms with Crippen molar-refractivity contribution in [2.24, 2.45) is 0 Å². The Morgan fingerprint density at radius 2 is 1.93 bits per heavy atom. The van der Waals surface area contributed by atoms with Crippen molar-refractivity contribution in [3.05, 3.63) is 82.7 Å². The van der Waals surface area contributed by atoms with E-state index < -0.39 is 5.97 Å². The van der Waals surface area contributed by atoms with Crippen LogP contribution in [0.25, 0.3) is 11.1 Å². The Labute approximate surface area is 175 Å². The number of nitrogens with two attached hydrogens (primary N) is 1. The lowest BCUT2D eigenvalue weighted by Crippen LogP contribution is -2.09. The smallest absolute Gasteiger partial charge is 0.337 e. The van der Waals surface area contributed by atoms with Crippen LogP contribution in [0, 0.1) is 5.82 Å². The van der Waals surface area contributed by atoms with Crippen molar-refractivity contribution in [2.75, 3.05) is 11.1 Å². The van der Waals surface area contributed by atoms with E-state index >= 15 is 4.39 Å². The molecule has 0 fully saturated rings. The fraction of sp³-hybridized carbons (Fsp3) is 0.240. The van der Waals surface area contributed by atoms with Gasteiger partial charge in [-0.1, -0.05) is 55.8 Å². The molecule has 1 atom stereocenters. The highest BCUT2D eigenvalue weighted by Gasteiger charge is 2.27. The Balaban J connectivity index is 1.58. The van der Waals surface area contributed by atoms with Gasteiger partial charge in [-0.3, -0.25) is 0 Å². The molecule has 154 valence electrons. The van der Waals surface area contributed by atoms with E-state index in [-0.39, 0.29) is 23.1 Å². The Hall–Kier alpha value is -3.34. The average molecular weight is 404 g/mol. The van der Waals surface area contributed by atoms with Gasteiger partial charge in [-0.15, -0.1) is 0 Å². The number of aryl methyl sites for hydroxylation is 1. The van der Waals surface area contributed by atoms with Crippen LogP contribution in [0.5, 0.6) is 0 Å². The third kappa shape index (κ3) is 3.75. The van der Waals surface area contributed by atoms with E-state index in [2.05, 4.69) is 24.4 Å². The summed E-state index contributed by atoms with van der Waals surface area (Å²) in [4.78, 5) is 11.2. The van der Waals surface area contributed by atoms with Crippen LogP contribution >= 0.6 is 0 Å². The number of fused-ring (bicyclic) bond motifs is 1. The number of carboxylic acids is 1. The van der Waals surface area contributed by atoms with Gasteiger partial charge in [0.2, 0.25) is 0 Å². The molecule has 3 aromatic rings. The van der Waals surface area contributed by atoms with Crippen LogP contribution < -0.4 is 11.1 Å². The van der Waals surface area contributed by atoms with Crippen molar-refractivity contribution in [3.63, 3.8) is 0 Å². The van der Waals surface area contributed by atoms with Gasteiger partial charge in [0.25, 0.3) is 0 Å². The highest BCUT2D eigenvalue weighted by atomic mass is 19.1. The topological polar surface area (TPSA) is 75.3 Å². The minimum atomic E-state index is -1.06. The van der Waals surface area contributed by atoms with Crippen molar-refractivity contribution in [1.82, 2.24) is 0 Å². The molecule has 0 aromatic heterocycles. The Bertz CT molecular complexity index is 1090. The number of anilines is 2. The van der Waals surface area contributed by atoms with Gasteiger partial charge >= 0.3 is 5.97 Å². The number of carboxylic acid groups (broad SMARTS) is 1. The summed E-state index contributed by atoms with van der Waals surface area (Å²) in [6, 6.07) is 16.6. The van der Waals surface area contributed by atoms with E-state index in [1.165, 1.54) is 11.6 Å². The summed E-state index contributed by atoms with van der Waals surface area (Å²) in [5.74, 6) is -1.32. The number of unbranched alkanes of at least 4 members (excludes halogenated alkanes) is 1. The number of hydrogen-bond donors (Lipinski definition) is 3. The summed E-state index contributed by atoms with van der Waals surface area (Å²) in [7, 11) is 0. The molecule has 1 aliphatic heterocycles. The normalized spacial score (nSPS) is 14.9. The van der Waals surface area contributed by atoms with E-state index in [0.29, 0.717) is 17.7 Å². The third-order valence-corrected chi connectivity index (χ3v) is 5.76. The summed E-state index contributed by atoms with van der Waals surface area (Å²) < 4.78 is 15.3. The Kier molecular flexibility index (Phi) is 5.44. The fourth-order valence-corrected chi connectivity index (χ4v) is 4.04. The van der Waals surface area contributed by atoms with Crippen LogP contribution in [0.15, 0.2) is 54.6 Å². The second kappa shape index (κ2) is 8.19. The molecule has 4 rings (SSSR count). The van der Waals surface area contributed by atoms with E-state index in [9.17, 15) is 4.79 Å². The van der Waals surface area contributed by atoms with Crippen molar-refractivity contribution in [2.45, 2.75) is 38.6 Å². The molecule has 0 amide bonds. The van der Waals surface area contributed by atoms with Gasteiger partial charge in [0.1, 0.15) is 0 Å². The van der Waals surface area contributed by atoms with E-state index in [4.69, 9.17) is 10.8 Å². The molecule has 0 saturated heterocycles. The molecule has 0 saturated carbocycles. The lowest BCUT2D eigenvalue weighted by atomic mass is 9.97. The molecule has 1 unspecified atom stereocenters. The number of hydrogen-bond acceptors (Lipinski definition) is 3. The second-order valence-corrected chi connectivity index (χ2v) is 7.81. The lowest BCUT2D eigenvalue weighted by Gasteiger charge is -2.14. The maximum atomic E-state index is 15.3. The first-order valence-electron chi connectivity index (χ1n) is 10.3. The molecule has 0 aliphatic carbocycles. The van der Waals surface area contributed by atoms with Gasteiger partial charge in [-0.2, -0.15) is 0 Å².